The van der Waals surface area contributed by atoms with Gasteiger partial charge in [-0.1, -0.05) is 5.16 Å². The zero-order valence-electron chi connectivity index (χ0n) is 16.8. The van der Waals surface area contributed by atoms with Gasteiger partial charge in [-0.3, -0.25) is 9.69 Å². The molecule has 9 heteroatoms. The fourth-order valence-corrected chi connectivity index (χ4v) is 3.90. The van der Waals surface area contributed by atoms with Crippen molar-refractivity contribution in [3.63, 3.8) is 0 Å². The molecule has 0 bridgehead atoms. The Balaban J connectivity index is 1.65. The van der Waals surface area contributed by atoms with Crippen LogP contribution in [-0.2, 0) is 0 Å². The lowest BCUT2D eigenvalue weighted by Crippen LogP contribution is -2.29. The van der Waals surface area contributed by atoms with Gasteiger partial charge < -0.3 is 9.42 Å². The van der Waals surface area contributed by atoms with Crippen LogP contribution in [0.3, 0.4) is 0 Å². The highest BCUT2D eigenvalue weighted by molar-refractivity contribution is 6.10. The molecule has 0 unspecified atom stereocenters. The van der Waals surface area contributed by atoms with E-state index in [1.165, 1.54) is 4.52 Å². The van der Waals surface area contributed by atoms with Crippen LogP contribution in [0, 0.1) is 13.8 Å². The molecule has 0 atom stereocenters. The van der Waals surface area contributed by atoms with Gasteiger partial charge in [0.15, 0.2) is 17.1 Å². The topological polar surface area (TPSA) is 92.7 Å². The second-order valence-electron chi connectivity index (χ2n) is 7.32. The summed E-state index contributed by atoms with van der Waals surface area (Å²) in [5.74, 6) is 1.14. The van der Waals surface area contributed by atoms with Crippen molar-refractivity contribution in [3.8, 4) is 0 Å². The maximum absolute atomic E-state index is 13.8. The highest BCUT2D eigenvalue weighted by Gasteiger charge is 2.29. The number of carbonyl (C=O) groups is 1. The molecule has 4 aromatic rings. The number of hydrogen-bond acceptors (Lipinski definition) is 7. The van der Waals surface area contributed by atoms with Crippen molar-refractivity contribution >= 4 is 28.7 Å². The summed E-state index contributed by atoms with van der Waals surface area (Å²) in [6.45, 7) is 5.55. The lowest BCUT2D eigenvalue weighted by Gasteiger charge is -2.24. The van der Waals surface area contributed by atoms with Gasteiger partial charge in [-0.25, -0.2) is 14.5 Å². The van der Waals surface area contributed by atoms with E-state index in [9.17, 15) is 4.79 Å². The number of rotatable bonds is 4. The zero-order chi connectivity index (χ0) is 20.7. The molecule has 1 amide bonds. The van der Waals surface area contributed by atoms with E-state index in [0.29, 0.717) is 34.2 Å². The first-order chi connectivity index (χ1) is 14.6. The molecule has 0 aliphatic carbocycles. The highest BCUT2D eigenvalue weighted by Crippen LogP contribution is 2.34. The second kappa shape index (κ2) is 7.25. The molecule has 0 radical (unpaired) electrons. The molecule has 0 saturated carbocycles. The number of nitrogens with zero attached hydrogens (tertiary/aromatic N) is 7. The maximum atomic E-state index is 13.8. The number of hydrogen-bond donors (Lipinski definition) is 0. The molecule has 152 valence electrons. The van der Waals surface area contributed by atoms with E-state index in [1.54, 1.807) is 36.5 Å². The van der Waals surface area contributed by atoms with E-state index in [-0.39, 0.29) is 5.91 Å². The summed E-state index contributed by atoms with van der Waals surface area (Å²) in [5.41, 5.74) is 2.89. The van der Waals surface area contributed by atoms with Crippen LogP contribution in [0.25, 0.3) is 5.65 Å². The molecule has 1 aliphatic rings. The van der Waals surface area contributed by atoms with Crippen molar-refractivity contribution in [3.05, 3.63) is 60.0 Å². The Morgan fingerprint density at radius 3 is 2.73 bits per heavy atom. The SMILES string of the molecule is Cc1noc(C)c1N(C(=O)c1cnc2cccnn12)c1ccnc(N2CCCC2)c1. The average Bonchev–Trinajstić information content (AvgIpc) is 3.51. The number of carbonyl (C=O) groups excluding carboxylic acids is 1. The van der Waals surface area contributed by atoms with Crippen LogP contribution < -0.4 is 9.80 Å². The van der Waals surface area contributed by atoms with E-state index in [2.05, 4.69) is 25.1 Å². The van der Waals surface area contributed by atoms with Crippen molar-refractivity contribution in [2.24, 2.45) is 0 Å². The fraction of sp³-hybridized carbons (Fsp3) is 0.286. The van der Waals surface area contributed by atoms with Crippen LogP contribution in [0.15, 0.2) is 47.4 Å². The summed E-state index contributed by atoms with van der Waals surface area (Å²) >= 11 is 0. The summed E-state index contributed by atoms with van der Waals surface area (Å²) in [6, 6.07) is 7.35. The zero-order valence-corrected chi connectivity index (χ0v) is 16.8. The van der Waals surface area contributed by atoms with Gasteiger partial charge in [0, 0.05) is 31.5 Å². The molecule has 5 rings (SSSR count). The Labute approximate surface area is 172 Å². The molecule has 5 heterocycles. The average molecular weight is 403 g/mol. The van der Waals surface area contributed by atoms with Crippen molar-refractivity contribution < 1.29 is 9.32 Å². The minimum Gasteiger partial charge on any atom is -0.359 e. The van der Waals surface area contributed by atoms with Crippen molar-refractivity contribution in [2.45, 2.75) is 26.7 Å². The molecular weight excluding hydrogens is 382 g/mol. The summed E-state index contributed by atoms with van der Waals surface area (Å²) in [5, 5.41) is 8.35. The van der Waals surface area contributed by atoms with Gasteiger partial charge in [-0.2, -0.15) is 5.10 Å². The number of aromatic nitrogens is 5. The van der Waals surface area contributed by atoms with E-state index < -0.39 is 0 Å². The van der Waals surface area contributed by atoms with Crippen LogP contribution in [-0.4, -0.2) is 43.7 Å². The van der Waals surface area contributed by atoms with Gasteiger partial charge in [0.2, 0.25) is 0 Å². The Hall–Kier alpha value is -3.75. The molecule has 0 aromatic carbocycles. The lowest BCUT2D eigenvalue weighted by atomic mass is 10.2. The van der Waals surface area contributed by atoms with Crippen LogP contribution in [0.2, 0.25) is 0 Å². The normalized spacial score (nSPS) is 13.9. The number of anilines is 3. The molecule has 0 N–H and O–H groups in total. The first kappa shape index (κ1) is 18.3. The van der Waals surface area contributed by atoms with Gasteiger partial charge in [0.05, 0.1) is 11.9 Å². The molecule has 1 fully saturated rings. The first-order valence-electron chi connectivity index (χ1n) is 9.90. The minimum atomic E-state index is -0.269. The summed E-state index contributed by atoms with van der Waals surface area (Å²) in [4.78, 5) is 26.5. The van der Waals surface area contributed by atoms with Gasteiger partial charge in [-0.05, 0) is 44.9 Å². The van der Waals surface area contributed by atoms with E-state index in [0.717, 1.165) is 31.7 Å². The van der Waals surface area contributed by atoms with Gasteiger partial charge in [-0.15, -0.1) is 0 Å². The Morgan fingerprint density at radius 1 is 1.13 bits per heavy atom. The molecule has 0 spiro atoms. The number of aryl methyl sites for hydroxylation is 2. The number of pyridine rings is 1. The van der Waals surface area contributed by atoms with Crippen molar-refractivity contribution in [2.75, 3.05) is 22.9 Å². The van der Waals surface area contributed by atoms with E-state index in [4.69, 9.17) is 4.52 Å². The molecule has 4 aromatic heterocycles. The number of amides is 1. The van der Waals surface area contributed by atoms with Gasteiger partial charge >= 0.3 is 0 Å². The Bertz CT molecular complexity index is 1200. The minimum absolute atomic E-state index is 0.269. The van der Waals surface area contributed by atoms with Gasteiger partial charge in [0.1, 0.15) is 17.2 Å². The fourth-order valence-electron chi connectivity index (χ4n) is 3.90. The molecule has 1 saturated heterocycles. The third kappa shape index (κ3) is 2.99. The Morgan fingerprint density at radius 2 is 1.97 bits per heavy atom. The number of imidazole rings is 1. The van der Waals surface area contributed by atoms with Crippen molar-refractivity contribution in [1.82, 2.24) is 24.7 Å². The Kier molecular flexibility index (Phi) is 4.42. The van der Waals surface area contributed by atoms with Crippen molar-refractivity contribution in [1.29, 1.82) is 0 Å². The smallest absolute Gasteiger partial charge is 0.283 e. The monoisotopic (exact) mass is 403 g/mol. The van der Waals surface area contributed by atoms with Gasteiger partial charge in [0.25, 0.3) is 5.91 Å². The maximum Gasteiger partial charge on any atom is 0.283 e. The molecular formula is C21H21N7O2. The first-order valence-corrected chi connectivity index (χ1v) is 9.90. The van der Waals surface area contributed by atoms with E-state index in [1.807, 2.05) is 25.1 Å². The van der Waals surface area contributed by atoms with E-state index >= 15 is 0 Å². The molecule has 30 heavy (non-hydrogen) atoms. The third-order valence-electron chi connectivity index (χ3n) is 5.34. The standard InChI is InChI=1S/C21H21N7O2/c1-14-20(15(2)30-25-14)27(16-7-9-22-19(12-16)26-10-3-4-11-26)21(29)17-13-23-18-6-5-8-24-28(17)18/h5-9,12-13H,3-4,10-11H2,1-2H3. The summed E-state index contributed by atoms with van der Waals surface area (Å²) < 4.78 is 6.91. The summed E-state index contributed by atoms with van der Waals surface area (Å²) in [6.07, 6.45) is 7.19. The quantitative estimate of drug-likeness (QED) is 0.516. The number of fused-ring (bicyclic) bond motifs is 1. The second-order valence-corrected chi connectivity index (χ2v) is 7.32. The highest BCUT2D eigenvalue weighted by atomic mass is 16.5. The van der Waals surface area contributed by atoms with Crippen LogP contribution in [0.1, 0.15) is 34.8 Å². The van der Waals surface area contributed by atoms with Crippen LogP contribution >= 0.6 is 0 Å². The van der Waals surface area contributed by atoms with Crippen LogP contribution in [0.4, 0.5) is 17.2 Å². The predicted octanol–water partition coefficient (Wildman–Crippen LogP) is 3.31. The summed E-state index contributed by atoms with van der Waals surface area (Å²) in [7, 11) is 0. The van der Waals surface area contributed by atoms with Crippen LogP contribution in [0.5, 0.6) is 0 Å². The largest absolute Gasteiger partial charge is 0.359 e. The third-order valence-corrected chi connectivity index (χ3v) is 5.34. The molecule has 1 aliphatic heterocycles. The predicted molar refractivity (Wildman–Crippen MR) is 111 cm³/mol. The lowest BCUT2D eigenvalue weighted by molar-refractivity contribution is 0.0992. The molecule has 9 nitrogen and oxygen atoms in total.